The molecule has 18 heavy (non-hydrogen) atoms. The first kappa shape index (κ1) is 11.0. The maximum Gasteiger partial charge on any atom is 0.120 e. The van der Waals surface area contributed by atoms with Gasteiger partial charge in [-0.1, -0.05) is 12.2 Å². The van der Waals surface area contributed by atoms with Crippen LogP contribution >= 0.6 is 0 Å². The Kier molecular flexibility index (Phi) is 2.30. The molecule has 0 amide bonds. The molecule has 0 aromatic rings. The fourth-order valence-corrected chi connectivity index (χ4v) is 6.21. The molecular formula is C16H20O2. The molecule has 96 valence electrons. The lowest BCUT2D eigenvalue weighted by atomic mass is 9.63. The van der Waals surface area contributed by atoms with E-state index < -0.39 is 0 Å². The number of carbonyl (C=O) groups is 2. The van der Waals surface area contributed by atoms with E-state index in [2.05, 4.69) is 12.2 Å². The Bertz CT molecular complexity index is 377. The molecule has 2 heteroatoms. The van der Waals surface area contributed by atoms with Crippen molar-refractivity contribution in [1.82, 2.24) is 0 Å². The minimum absolute atomic E-state index is 0.506. The van der Waals surface area contributed by atoms with E-state index in [0.717, 1.165) is 48.1 Å². The normalized spacial score (nSPS) is 54.9. The second kappa shape index (κ2) is 3.79. The zero-order valence-corrected chi connectivity index (χ0v) is 10.6. The summed E-state index contributed by atoms with van der Waals surface area (Å²) >= 11 is 0. The summed E-state index contributed by atoms with van der Waals surface area (Å²) in [7, 11) is 0. The van der Waals surface area contributed by atoms with E-state index in [1.807, 2.05) is 0 Å². The molecule has 4 aliphatic rings. The summed E-state index contributed by atoms with van der Waals surface area (Å²) in [6.07, 6.45) is 11.0. The number of allylic oxidation sites excluding steroid dienone is 2. The standard InChI is InChI=1S/C16H20O2/c17-5-3-11-12(4-6-18)14-8-13(11)15-9-1-2-10(7-9)16(14)15/h1-2,5-6,9-16H,3-4,7-8H2. The van der Waals surface area contributed by atoms with Gasteiger partial charge in [-0.05, 0) is 60.2 Å². The monoisotopic (exact) mass is 244 g/mol. The highest BCUT2D eigenvalue weighted by Crippen LogP contribution is 2.69. The minimum Gasteiger partial charge on any atom is -0.303 e. The molecule has 0 heterocycles. The van der Waals surface area contributed by atoms with Crippen LogP contribution < -0.4 is 0 Å². The number of aldehydes is 2. The molecule has 3 fully saturated rings. The first-order valence-corrected chi connectivity index (χ1v) is 7.40. The Morgan fingerprint density at radius 3 is 1.78 bits per heavy atom. The Morgan fingerprint density at radius 1 is 0.833 bits per heavy atom. The SMILES string of the molecule is O=CCC1C(CC=O)C2CC1C1C3C=CC(C3)C21. The smallest absolute Gasteiger partial charge is 0.120 e. The van der Waals surface area contributed by atoms with Gasteiger partial charge in [-0.25, -0.2) is 0 Å². The van der Waals surface area contributed by atoms with E-state index in [0.29, 0.717) is 24.7 Å². The lowest BCUT2D eigenvalue weighted by molar-refractivity contribution is -0.112. The molecule has 0 spiro atoms. The van der Waals surface area contributed by atoms with Crippen LogP contribution in [0.25, 0.3) is 0 Å². The van der Waals surface area contributed by atoms with Gasteiger partial charge in [-0.3, -0.25) is 0 Å². The molecule has 2 nitrogen and oxygen atoms in total. The van der Waals surface area contributed by atoms with Crippen molar-refractivity contribution < 1.29 is 9.59 Å². The molecule has 0 saturated heterocycles. The molecular weight excluding hydrogens is 224 g/mol. The van der Waals surface area contributed by atoms with Gasteiger partial charge in [0.15, 0.2) is 0 Å². The minimum atomic E-state index is 0.506. The molecule has 8 unspecified atom stereocenters. The summed E-state index contributed by atoms with van der Waals surface area (Å²) in [6.45, 7) is 0. The summed E-state index contributed by atoms with van der Waals surface area (Å²) in [5, 5.41) is 0. The molecule has 8 atom stereocenters. The predicted molar refractivity (Wildman–Crippen MR) is 67.7 cm³/mol. The summed E-state index contributed by atoms with van der Waals surface area (Å²) in [5.74, 6) is 5.75. The van der Waals surface area contributed by atoms with Crippen molar-refractivity contribution in [3.8, 4) is 0 Å². The lowest BCUT2D eigenvalue weighted by Gasteiger charge is -2.41. The second-order valence-electron chi connectivity index (χ2n) is 6.80. The number of carbonyl (C=O) groups excluding carboxylic acids is 2. The van der Waals surface area contributed by atoms with Crippen molar-refractivity contribution in [3.63, 3.8) is 0 Å². The Morgan fingerprint density at radius 2 is 1.33 bits per heavy atom. The molecule has 0 aromatic heterocycles. The highest BCUT2D eigenvalue weighted by atomic mass is 16.1. The van der Waals surface area contributed by atoms with E-state index in [9.17, 15) is 9.59 Å². The van der Waals surface area contributed by atoms with Crippen molar-refractivity contribution in [1.29, 1.82) is 0 Å². The van der Waals surface area contributed by atoms with Gasteiger partial charge in [0.05, 0.1) is 0 Å². The molecule has 0 aliphatic heterocycles. The maximum absolute atomic E-state index is 10.9. The number of hydrogen-bond acceptors (Lipinski definition) is 2. The van der Waals surface area contributed by atoms with Gasteiger partial charge < -0.3 is 9.59 Å². The van der Waals surface area contributed by atoms with Crippen LogP contribution in [0.3, 0.4) is 0 Å². The van der Waals surface area contributed by atoms with Crippen molar-refractivity contribution >= 4 is 12.6 Å². The molecule has 4 bridgehead atoms. The number of rotatable bonds is 4. The molecule has 0 radical (unpaired) electrons. The van der Waals surface area contributed by atoms with Crippen LogP contribution in [-0.4, -0.2) is 12.6 Å². The van der Waals surface area contributed by atoms with E-state index in [1.54, 1.807) is 0 Å². The van der Waals surface area contributed by atoms with Crippen molar-refractivity contribution in [2.24, 2.45) is 47.3 Å². The lowest BCUT2D eigenvalue weighted by Crippen LogP contribution is -2.37. The topological polar surface area (TPSA) is 34.1 Å². The van der Waals surface area contributed by atoms with Crippen LogP contribution in [0, 0.1) is 47.3 Å². The third-order valence-electron chi connectivity index (χ3n) is 6.50. The fraction of sp³-hybridized carbons (Fsp3) is 0.750. The summed E-state index contributed by atoms with van der Waals surface area (Å²) < 4.78 is 0. The van der Waals surface area contributed by atoms with Gasteiger partial charge in [0.1, 0.15) is 12.6 Å². The van der Waals surface area contributed by atoms with Crippen LogP contribution in [-0.2, 0) is 9.59 Å². The summed E-state index contributed by atoms with van der Waals surface area (Å²) in [5.41, 5.74) is 0. The first-order valence-electron chi connectivity index (χ1n) is 7.40. The maximum atomic E-state index is 10.9. The predicted octanol–water partition coefficient (Wildman–Crippen LogP) is 2.48. The fourth-order valence-electron chi connectivity index (χ4n) is 6.21. The van der Waals surface area contributed by atoms with Gasteiger partial charge in [-0.15, -0.1) is 0 Å². The quantitative estimate of drug-likeness (QED) is 0.432. The van der Waals surface area contributed by atoms with Gasteiger partial charge >= 0.3 is 0 Å². The van der Waals surface area contributed by atoms with Gasteiger partial charge in [0, 0.05) is 12.8 Å². The van der Waals surface area contributed by atoms with E-state index in [1.165, 1.54) is 12.8 Å². The van der Waals surface area contributed by atoms with E-state index in [-0.39, 0.29) is 0 Å². The average Bonchev–Trinajstić information content (AvgIpc) is 3.07. The average molecular weight is 244 g/mol. The highest BCUT2D eigenvalue weighted by Gasteiger charge is 2.63. The summed E-state index contributed by atoms with van der Waals surface area (Å²) in [6, 6.07) is 0. The molecule has 0 aromatic carbocycles. The van der Waals surface area contributed by atoms with Gasteiger partial charge in [0.2, 0.25) is 0 Å². The largest absolute Gasteiger partial charge is 0.303 e. The Labute approximate surface area is 108 Å². The van der Waals surface area contributed by atoms with E-state index >= 15 is 0 Å². The van der Waals surface area contributed by atoms with E-state index in [4.69, 9.17) is 0 Å². The third-order valence-corrected chi connectivity index (χ3v) is 6.50. The van der Waals surface area contributed by atoms with Crippen molar-refractivity contribution in [2.45, 2.75) is 25.7 Å². The molecule has 3 saturated carbocycles. The van der Waals surface area contributed by atoms with Crippen molar-refractivity contribution in [2.75, 3.05) is 0 Å². The zero-order chi connectivity index (χ0) is 12.3. The molecule has 4 aliphatic carbocycles. The zero-order valence-electron chi connectivity index (χ0n) is 10.6. The van der Waals surface area contributed by atoms with Crippen LogP contribution in [0.2, 0.25) is 0 Å². The van der Waals surface area contributed by atoms with Crippen molar-refractivity contribution in [3.05, 3.63) is 12.2 Å². The second-order valence-corrected chi connectivity index (χ2v) is 6.80. The van der Waals surface area contributed by atoms with Crippen LogP contribution in [0.5, 0.6) is 0 Å². The Hall–Kier alpha value is -0.920. The Balaban J connectivity index is 1.67. The molecule has 0 N–H and O–H groups in total. The number of fused-ring (bicyclic) bond motifs is 9. The highest BCUT2D eigenvalue weighted by molar-refractivity contribution is 5.53. The van der Waals surface area contributed by atoms with Crippen LogP contribution in [0.15, 0.2) is 12.2 Å². The molecule has 4 rings (SSSR count). The van der Waals surface area contributed by atoms with Gasteiger partial charge in [-0.2, -0.15) is 0 Å². The summed E-state index contributed by atoms with van der Waals surface area (Å²) in [4.78, 5) is 21.9. The van der Waals surface area contributed by atoms with Gasteiger partial charge in [0.25, 0.3) is 0 Å². The number of hydrogen-bond donors (Lipinski definition) is 0. The first-order chi connectivity index (χ1) is 8.85. The third kappa shape index (κ3) is 1.19. The van der Waals surface area contributed by atoms with Crippen LogP contribution in [0.1, 0.15) is 25.7 Å². The van der Waals surface area contributed by atoms with Crippen LogP contribution in [0.4, 0.5) is 0 Å².